The van der Waals surface area contributed by atoms with Crippen molar-refractivity contribution < 1.29 is 14.6 Å². The Morgan fingerprint density at radius 2 is 2.25 bits per heavy atom. The molecular formula is C7H14BrNO3. The van der Waals surface area contributed by atoms with Crippen LogP contribution in [0.15, 0.2) is 0 Å². The first-order valence-corrected chi connectivity index (χ1v) is 4.94. The van der Waals surface area contributed by atoms with Crippen LogP contribution in [0.25, 0.3) is 0 Å². The van der Waals surface area contributed by atoms with Gasteiger partial charge in [0.1, 0.15) is 0 Å². The molecule has 5 heteroatoms. The molecule has 0 saturated carbocycles. The molecule has 0 aliphatic rings. The molecule has 0 spiro atoms. The van der Waals surface area contributed by atoms with Gasteiger partial charge in [-0.3, -0.25) is 4.79 Å². The normalized spacial score (nSPS) is 9.83. The van der Waals surface area contributed by atoms with Crippen molar-refractivity contribution in [1.29, 1.82) is 0 Å². The molecule has 0 fully saturated rings. The van der Waals surface area contributed by atoms with Crippen molar-refractivity contribution in [2.45, 2.75) is 6.42 Å². The number of nitrogens with one attached hydrogen (secondary N) is 1. The first kappa shape index (κ1) is 11.9. The number of ether oxygens (including phenoxy) is 1. The van der Waals surface area contributed by atoms with Crippen LogP contribution in [0.3, 0.4) is 0 Å². The molecule has 0 aromatic heterocycles. The smallest absolute Gasteiger partial charge is 0.230 e. The minimum atomic E-state index is -0.0165. The number of hydrogen-bond donors (Lipinski definition) is 2. The van der Waals surface area contributed by atoms with Crippen LogP contribution in [0, 0.1) is 0 Å². The van der Waals surface area contributed by atoms with E-state index in [1.165, 1.54) is 0 Å². The molecule has 2 N–H and O–H groups in total. The van der Waals surface area contributed by atoms with Crippen molar-refractivity contribution in [2.24, 2.45) is 0 Å². The predicted octanol–water partition coefficient (Wildman–Crippen LogP) is -0.103. The van der Waals surface area contributed by atoms with Crippen LogP contribution in [0.2, 0.25) is 0 Å². The highest BCUT2D eigenvalue weighted by atomic mass is 79.9. The first-order chi connectivity index (χ1) is 5.81. The summed E-state index contributed by atoms with van der Waals surface area (Å²) in [5, 5.41) is 11.4. The lowest BCUT2D eigenvalue weighted by atomic mass is 10.4. The number of rotatable bonds is 7. The van der Waals surface area contributed by atoms with Gasteiger partial charge in [0, 0.05) is 13.2 Å². The lowest BCUT2D eigenvalue weighted by molar-refractivity contribution is -0.118. The van der Waals surface area contributed by atoms with Gasteiger partial charge in [-0.1, -0.05) is 15.9 Å². The number of amides is 1. The van der Waals surface area contributed by atoms with Crippen molar-refractivity contribution in [3.8, 4) is 0 Å². The van der Waals surface area contributed by atoms with Gasteiger partial charge in [-0.2, -0.15) is 0 Å². The summed E-state index contributed by atoms with van der Waals surface area (Å²) in [4.78, 5) is 10.7. The third kappa shape index (κ3) is 7.97. The summed E-state index contributed by atoms with van der Waals surface area (Å²) in [7, 11) is 0. The van der Waals surface area contributed by atoms with Gasteiger partial charge in [0.25, 0.3) is 0 Å². The highest BCUT2D eigenvalue weighted by molar-refractivity contribution is 9.09. The number of halogens is 1. The van der Waals surface area contributed by atoms with Crippen molar-refractivity contribution in [2.75, 3.05) is 31.7 Å². The van der Waals surface area contributed by atoms with Crippen LogP contribution >= 0.6 is 15.9 Å². The Balaban J connectivity index is 2.95. The lowest BCUT2D eigenvalue weighted by Gasteiger charge is -2.03. The molecular weight excluding hydrogens is 226 g/mol. The van der Waals surface area contributed by atoms with Crippen LogP contribution in [-0.2, 0) is 9.53 Å². The highest BCUT2D eigenvalue weighted by Crippen LogP contribution is 1.82. The summed E-state index contributed by atoms with van der Waals surface area (Å²) in [6.45, 7) is 1.61. The summed E-state index contributed by atoms with van der Waals surface area (Å²) in [5.74, 6) is -0.0165. The monoisotopic (exact) mass is 239 g/mol. The van der Waals surface area contributed by atoms with E-state index in [0.717, 1.165) is 6.42 Å². The molecule has 0 rings (SSSR count). The molecule has 0 unspecified atom stereocenters. The maximum absolute atomic E-state index is 10.7. The zero-order chi connectivity index (χ0) is 9.23. The van der Waals surface area contributed by atoms with Crippen LogP contribution in [-0.4, -0.2) is 42.7 Å². The molecule has 0 aliphatic carbocycles. The molecule has 1 amide bonds. The Hall–Kier alpha value is -0.130. The SMILES string of the molecule is O=C(CBr)NCCCOCCO. The van der Waals surface area contributed by atoms with Crippen molar-refractivity contribution in [3.63, 3.8) is 0 Å². The summed E-state index contributed by atoms with van der Waals surface area (Å²) in [5.41, 5.74) is 0. The molecule has 0 saturated heterocycles. The molecule has 72 valence electrons. The standard InChI is InChI=1S/C7H14BrNO3/c8-6-7(11)9-2-1-4-12-5-3-10/h10H,1-6H2,(H,9,11). The molecule has 0 aromatic carbocycles. The van der Waals surface area contributed by atoms with Crippen molar-refractivity contribution >= 4 is 21.8 Å². The second kappa shape index (κ2) is 8.96. The highest BCUT2D eigenvalue weighted by Gasteiger charge is 1.95. The molecule has 4 nitrogen and oxygen atoms in total. The van der Waals surface area contributed by atoms with Gasteiger partial charge in [-0.05, 0) is 6.42 Å². The van der Waals surface area contributed by atoms with Crippen LogP contribution in [0.5, 0.6) is 0 Å². The van der Waals surface area contributed by atoms with E-state index in [9.17, 15) is 4.79 Å². The van der Waals surface area contributed by atoms with Gasteiger partial charge in [0.05, 0.1) is 18.5 Å². The Morgan fingerprint density at radius 1 is 1.50 bits per heavy atom. The van der Waals surface area contributed by atoms with E-state index in [1.807, 2.05) is 0 Å². The zero-order valence-electron chi connectivity index (χ0n) is 6.88. The van der Waals surface area contributed by atoms with E-state index < -0.39 is 0 Å². The largest absolute Gasteiger partial charge is 0.394 e. The third-order valence-electron chi connectivity index (χ3n) is 1.14. The quantitative estimate of drug-likeness (QED) is 0.482. The average molecular weight is 240 g/mol. The fourth-order valence-corrected chi connectivity index (χ4v) is 0.814. The number of aliphatic hydroxyl groups excluding tert-OH is 1. The fourth-order valence-electron chi connectivity index (χ4n) is 0.616. The first-order valence-electron chi connectivity index (χ1n) is 3.82. The Morgan fingerprint density at radius 3 is 2.83 bits per heavy atom. The molecule has 0 heterocycles. The topological polar surface area (TPSA) is 58.6 Å². The van der Waals surface area contributed by atoms with E-state index in [-0.39, 0.29) is 12.5 Å². The van der Waals surface area contributed by atoms with E-state index in [2.05, 4.69) is 21.2 Å². The Labute approximate surface area is 80.4 Å². The number of carbonyl (C=O) groups excluding carboxylic acids is 1. The van der Waals surface area contributed by atoms with E-state index in [0.29, 0.717) is 25.1 Å². The van der Waals surface area contributed by atoms with E-state index in [4.69, 9.17) is 9.84 Å². The maximum atomic E-state index is 10.7. The molecule has 0 radical (unpaired) electrons. The molecule has 0 aliphatic heterocycles. The lowest BCUT2D eigenvalue weighted by Crippen LogP contribution is -2.26. The van der Waals surface area contributed by atoms with Crippen molar-refractivity contribution in [3.05, 3.63) is 0 Å². The van der Waals surface area contributed by atoms with Crippen LogP contribution in [0.4, 0.5) is 0 Å². The van der Waals surface area contributed by atoms with Gasteiger partial charge in [-0.15, -0.1) is 0 Å². The van der Waals surface area contributed by atoms with E-state index in [1.54, 1.807) is 0 Å². The predicted molar refractivity (Wildman–Crippen MR) is 49.3 cm³/mol. The number of hydrogen-bond acceptors (Lipinski definition) is 3. The Bertz CT molecular complexity index is 121. The third-order valence-corrected chi connectivity index (χ3v) is 1.65. The Kier molecular flexibility index (Phi) is 8.86. The average Bonchev–Trinajstić information content (AvgIpc) is 2.10. The molecule has 12 heavy (non-hydrogen) atoms. The molecule has 0 bridgehead atoms. The van der Waals surface area contributed by atoms with Crippen LogP contribution in [0.1, 0.15) is 6.42 Å². The van der Waals surface area contributed by atoms with Gasteiger partial charge >= 0.3 is 0 Å². The minimum absolute atomic E-state index is 0.0165. The van der Waals surface area contributed by atoms with Gasteiger partial charge < -0.3 is 15.2 Å². The maximum Gasteiger partial charge on any atom is 0.230 e. The van der Waals surface area contributed by atoms with Gasteiger partial charge in [0.2, 0.25) is 5.91 Å². The summed E-state index contributed by atoms with van der Waals surface area (Å²) >= 11 is 3.03. The van der Waals surface area contributed by atoms with E-state index >= 15 is 0 Å². The summed E-state index contributed by atoms with van der Waals surface area (Å²) in [6, 6.07) is 0. The van der Waals surface area contributed by atoms with Gasteiger partial charge in [0.15, 0.2) is 0 Å². The van der Waals surface area contributed by atoms with Crippen LogP contribution < -0.4 is 5.32 Å². The number of alkyl halides is 1. The number of carbonyl (C=O) groups is 1. The molecule has 0 aromatic rings. The summed E-state index contributed by atoms with van der Waals surface area (Å²) < 4.78 is 4.99. The van der Waals surface area contributed by atoms with Gasteiger partial charge in [-0.25, -0.2) is 0 Å². The minimum Gasteiger partial charge on any atom is -0.394 e. The second-order valence-electron chi connectivity index (χ2n) is 2.17. The van der Waals surface area contributed by atoms with Crippen molar-refractivity contribution in [1.82, 2.24) is 5.32 Å². The second-order valence-corrected chi connectivity index (χ2v) is 2.73. The fraction of sp³-hybridized carbons (Fsp3) is 0.857. The summed E-state index contributed by atoms with van der Waals surface area (Å²) in [6.07, 6.45) is 0.777. The zero-order valence-corrected chi connectivity index (χ0v) is 8.47. The molecule has 0 atom stereocenters. The number of aliphatic hydroxyl groups is 1.